The van der Waals surface area contributed by atoms with Gasteiger partial charge in [0.1, 0.15) is 17.2 Å². The van der Waals surface area contributed by atoms with Gasteiger partial charge >= 0.3 is 10.1 Å². The summed E-state index contributed by atoms with van der Waals surface area (Å²) in [5.41, 5.74) is 0.264. The molecule has 0 atom stereocenters. The number of imide groups is 1. The standard InChI is InChI=1S/C22H19N3O8S2/c26-20(23-11-1-2-12-23)14-24-21(27)19(34-22(24)28)13-15-3-7-17(8-4-15)33-35(31,32)18-9-5-16(6-10-18)25(29)30/h3-10,13H,1-2,11-12,14H2/b19-13-. The van der Waals surface area contributed by atoms with Gasteiger partial charge in [-0.25, -0.2) is 0 Å². The van der Waals surface area contributed by atoms with Crippen LogP contribution >= 0.6 is 11.8 Å². The Kier molecular flexibility index (Phi) is 6.89. The Morgan fingerprint density at radius 2 is 1.69 bits per heavy atom. The molecule has 4 rings (SSSR count). The first-order valence-corrected chi connectivity index (χ1v) is 12.7. The van der Waals surface area contributed by atoms with Gasteiger partial charge in [-0.15, -0.1) is 0 Å². The molecule has 0 radical (unpaired) electrons. The highest BCUT2D eigenvalue weighted by Gasteiger charge is 2.37. The minimum Gasteiger partial charge on any atom is -0.379 e. The van der Waals surface area contributed by atoms with E-state index in [9.17, 15) is 32.9 Å². The fourth-order valence-corrected chi connectivity index (χ4v) is 5.29. The van der Waals surface area contributed by atoms with Crippen LogP contribution in [-0.4, -0.2) is 59.8 Å². The Labute approximate surface area is 204 Å². The van der Waals surface area contributed by atoms with Crippen LogP contribution in [0.4, 0.5) is 10.5 Å². The van der Waals surface area contributed by atoms with E-state index in [2.05, 4.69) is 0 Å². The van der Waals surface area contributed by atoms with Crippen LogP contribution in [0.5, 0.6) is 5.75 Å². The number of carbonyl (C=O) groups is 3. The summed E-state index contributed by atoms with van der Waals surface area (Å²) in [6.07, 6.45) is 3.28. The van der Waals surface area contributed by atoms with Gasteiger partial charge in [-0.3, -0.25) is 29.4 Å². The van der Waals surface area contributed by atoms with Gasteiger partial charge in [0.05, 0.1) is 9.83 Å². The first-order valence-electron chi connectivity index (χ1n) is 10.5. The molecule has 0 N–H and O–H groups in total. The summed E-state index contributed by atoms with van der Waals surface area (Å²) < 4.78 is 29.9. The smallest absolute Gasteiger partial charge is 0.339 e. The fraction of sp³-hybridized carbons (Fsp3) is 0.227. The van der Waals surface area contributed by atoms with Gasteiger partial charge in [0.15, 0.2) is 0 Å². The molecule has 2 aromatic rings. The number of nitrogens with zero attached hydrogens (tertiary/aromatic N) is 3. The lowest BCUT2D eigenvalue weighted by Crippen LogP contribution is -2.40. The SMILES string of the molecule is O=C(CN1C(=O)S/C(=C\c2ccc(OS(=O)(=O)c3ccc([N+](=O)[O-])cc3)cc2)C1=O)N1CCCC1. The zero-order valence-corrected chi connectivity index (χ0v) is 19.8. The average Bonchev–Trinajstić information content (AvgIpc) is 3.45. The molecule has 0 bridgehead atoms. The van der Waals surface area contributed by atoms with Gasteiger partial charge in [0.25, 0.3) is 16.8 Å². The molecule has 0 aromatic heterocycles. The van der Waals surface area contributed by atoms with E-state index < -0.39 is 26.2 Å². The summed E-state index contributed by atoms with van der Waals surface area (Å²) in [5, 5.41) is 10.2. The maximum atomic E-state index is 12.6. The molecule has 2 fully saturated rings. The number of nitro groups is 1. The second kappa shape index (κ2) is 9.88. The van der Waals surface area contributed by atoms with E-state index in [0.717, 1.165) is 53.8 Å². The van der Waals surface area contributed by atoms with E-state index in [1.165, 1.54) is 30.3 Å². The Bertz CT molecular complexity index is 1320. The lowest BCUT2D eigenvalue weighted by Gasteiger charge is -2.18. The van der Waals surface area contributed by atoms with Crippen LogP contribution in [0.15, 0.2) is 58.3 Å². The van der Waals surface area contributed by atoms with Gasteiger partial charge < -0.3 is 9.08 Å². The van der Waals surface area contributed by atoms with Crippen LogP contribution in [0.2, 0.25) is 0 Å². The molecule has 13 heteroatoms. The zero-order valence-electron chi connectivity index (χ0n) is 18.2. The van der Waals surface area contributed by atoms with E-state index in [-0.39, 0.29) is 33.7 Å². The molecule has 0 spiro atoms. The van der Waals surface area contributed by atoms with E-state index >= 15 is 0 Å². The second-order valence-corrected chi connectivity index (χ2v) is 10.3. The number of benzene rings is 2. The number of hydrogen-bond acceptors (Lipinski definition) is 9. The number of likely N-dealkylation sites (tertiary alicyclic amines) is 1. The van der Waals surface area contributed by atoms with Crippen molar-refractivity contribution in [1.82, 2.24) is 9.80 Å². The fourth-order valence-electron chi connectivity index (χ4n) is 3.52. The summed E-state index contributed by atoms with van der Waals surface area (Å²) in [7, 11) is -4.22. The number of nitro benzene ring substituents is 1. The highest BCUT2D eigenvalue weighted by Crippen LogP contribution is 2.32. The predicted octanol–water partition coefficient (Wildman–Crippen LogP) is 3.02. The third-order valence-corrected chi connectivity index (χ3v) is 7.51. The Morgan fingerprint density at radius 3 is 2.29 bits per heavy atom. The van der Waals surface area contributed by atoms with Gasteiger partial charge in [-0.05, 0) is 60.5 Å². The van der Waals surface area contributed by atoms with E-state index in [1.54, 1.807) is 4.90 Å². The van der Waals surface area contributed by atoms with Crippen LogP contribution in [-0.2, 0) is 19.7 Å². The Morgan fingerprint density at radius 1 is 1.06 bits per heavy atom. The monoisotopic (exact) mass is 517 g/mol. The highest BCUT2D eigenvalue weighted by atomic mass is 32.2. The van der Waals surface area contributed by atoms with Crippen molar-refractivity contribution in [3.05, 3.63) is 69.1 Å². The highest BCUT2D eigenvalue weighted by molar-refractivity contribution is 8.18. The second-order valence-electron chi connectivity index (χ2n) is 7.71. The Hall–Kier alpha value is -3.71. The molecule has 2 aliphatic heterocycles. The molecular formula is C22H19N3O8S2. The molecule has 0 saturated carbocycles. The molecule has 0 aliphatic carbocycles. The minimum absolute atomic E-state index is 0.00943. The molecule has 2 saturated heterocycles. The summed E-state index contributed by atoms with van der Waals surface area (Å²) in [6, 6.07) is 10.0. The molecular weight excluding hydrogens is 498 g/mol. The number of hydrogen-bond donors (Lipinski definition) is 0. The summed E-state index contributed by atoms with van der Waals surface area (Å²) in [5.74, 6) is -0.833. The minimum atomic E-state index is -4.22. The van der Waals surface area contributed by atoms with Gasteiger partial charge in [-0.1, -0.05) is 12.1 Å². The quantitative estimate of drug-likeness (QED) is 0.234. The van der Waals surface area contributed by atoms with Crippen molar-refractivity contribution in [2.75, 3.05) is 19.6 Å². The third-order valence-electron chi connectivity index (χ3n) is 5.35. The molecule has 3 amide bonds. The third kappa shape index (κ3) is 5.52. The first kappa shape index (κ1) is 24.4. The van der Waals surface area contributed by atoms with Gasteiger partial charge in [-0.2, -0.15) is 8.42 Å². The molecule has 182 valence electrons. The number of amides is 3. The normalized spacial score (nSPS) is 17.3. The summed E-state index contributed by atoms with van der Waals surface area (Å²) >= 11 is 0.729. The summed E-state index contributed by atoms with van der Waals surface area (Å²) in [6.45, 7) is 0.952. The topological polar surface area (TPSA) is 144 Å². The predicted molar refractivity (Wildman–Crippen MR) is 126 cm³/mol. The van der Waals surface area contributed by atoms with E-state index in [0.29, 0.717) is 18.7 Å². The average molecular weight is 518 g/mol. The van der Waals surface area contributed by atoms with Crippen LogP contribution < -0.4 is 4.18 Å². The number of carbonyl (C=O) groups excluding carboxylic acids is 3. The molecule has 2 aliphatic rings. The zero-order chi connectivity index (χ0) is 25.2. The lowest BCUT2D eigenvalue weighted by atomic mass is 10.2. The molecule has 2 aromatic carbocycles. The molecule has 2 heterocycles. The van der Waals surface area contributed by atoms with E-state index in [4.69, 9.17) is 4.18 Å². The maximum Gasteiger partial charge on any atom is 0.339 e. The number of rotatable bonds is 7. The number of non-ortho nitro benzene ring substituents is 1. The van der Waals surface area contributed by atoms with Gasteiger partial charge in [0.2, 0.25) is 5.91 Å². The van der Waals surface area contributed by atoms with Crippen molar-refractivity contribution in [2.45, 2.75) is 17.7 Å². The van der Waals surface area contributed by atoms with Crippen molar-refractivity contribution < 1.29 is 31.9 Å². The van der Waals surface area contributed by atoms with Crippen molar-refractivity contribution in [1.29, 1.82) is 0 Å². The maximum absolute atomic E-state index is 12.6. The van der Waals surface area contributed by atoms with Crippen LogP contribution in [0, 0.1) is 10.1 Å². The lowest BCUT2D eigenvalue weighted by molar-refractivity contribution is -0.384. The summed E-state index contributed by atoms with van der Waals surface area (Å²) in [4.78, 5) is 49.8. The van der Waals surface area contributed by atoms with Crippen LogP contribution in [0.1, 0.15) is 18.4 Å². The van der Waals surface area contributed by atoms with Crippen molar-refractivity contribution in [3.8, 4) is 5.75 Å². The van der Waals surface area contributed by atoms with Crippen LogP contribution in [0.3, 0.4) is 0 Å². The van der Waals surface area contributed by atoms with Crippen molar-refractivity contribution in [2.24, 2.45) is 0 Å². The Balaban J connectivity index is 1.42. The largest absolute Gasteiger partial charge is 0.379 e. The van der Waals surface area contributed by atoms with Crippen LogP contribution in [0.25, 0.3) is 6.08 Å². The molecule has 11 nitrogen and oxygen atoms in total. The molecule has 0 unspecified atom stereocenters. The van der Waals surface area contributed by atoms with Crippen molar-refractivity contribution in [3.63, 3.8) is 0 Å². The van der Waals surface area contributed by atoms with Gasteiger partial charge in [0, 0.05) is 25.2 Å². The molecule has 35 heavy (non-hydrogen) atoms. The van der Waals surface area contributed by atoms with Crippen molar-refractivity contribution >= 4 is 50.7 Å². The van der Waals surface area contributed by atoms with E-state index in [1.807, 2.05) is 0 Å². The first-order chi connectivity index (χ1) is 16.6. The number of thioether (sulfide) groups is 1.